The topological polar surface area (TPSA) is 81.2 Å². The molecule has 0 atom stereocenters. The summed E-state index contributed by atoms with van der Waals surface area (Å²) in [7, 11) is 0. The van der Waals surface area contributed by atoms with Crippen molar-refractivity contribution >= 4 is 11.4 Å². The quantitative estimate of drug-likeness (QED) is 0.560. The number of hydrogen-bond donors (Lipinski definition) is 2. The molecule has 0 aliphatic carbocycles. The predicted molar refractivity (Wildman–Crippen MR) is 55.4 cm³/mol. The van der Waals surface area contributed by atoms with E-state index < -0.39 is 4.92 Å². The lowest BCUT2D eigenvalue weighted by atomic mass is 10.2. The molecule has 1 aromatic carbocycles. The van der Waals surface area contributed by atoms with Gasteiger partial charge in [-0.3, -0.25) is 10.1 Å². The highest BCUT2D eigenvalue weighted by molar-refractivity contribution is 5.62. The van der Waals surface area contributed by atoms with E-state index in [1.165, 1.54) is 6.07 Å². The largest absolute Gasteiger partial charge is 0.378 e. The Morgan fingerprint density at radius 1 is 1.57 bits per heavy atom. The maximum Gasteiger partial charge on any atom is 0.292 e. The Bertz CT molecular complexity index is 339. The molecule has 0 bridgehead atoms. The molecule has 0 saturated carbocycles. The fraction of sp³-hybridized carbons (Fsp3) is 0.333. The Hall–Kier alpha value is -1.62. The first-order valence-corrected chi connectivity index (χ1v) is 4.34. The Morgan fingerprint density at radius 3 is 2.86 bits per heavy atom. The van der Waals surface area contributed by atoms with Gasteiger partial charge in [0.15, 0.2) is 0 Å². The molecule has 5 heteroatoms. The third kappa shape index (κ3) is 2.43. The van der Waals surface area contributed by atoms with Gasteiger partial charge in [0.2, 0.25) is 0 Å². The van der Waals surface area contributed by atoms with E-state index in [0.717, 1.165) is 5.56 Å². The smallest absolute Gasteiger partial charge is 0.292 e. The van der Waals surface area contributed by atoms with Crippen LogP contribution in [0.5, 0.6) is 0 Å². The summed E-state index contributed by atoms with van der Waals surface area (Å²) in [6.07, 6.45) is 0. The lowest BCUT2D eigenvalue weighted by Gasteiger charge is -2.06. The third-order valence-corrected chi connectivity index (χ3v) is 1.81. The van der Waals surface area contributed by atoms with E-state index in [4.69, 9.17) is 5.73 Å². The van der Waals surface area contributed by atoms with Crippen molar-refractivity contribution in [2.75, 3.05) is 18.4 Å². The van der Waals surface area contributed by atoms with Crippen LogP contribution in [0.15, 0.2) is 18.2 Å². The van der Waals surface area contributed by atoms with Gasteiger partial charge in [-0.1, -0.05) is 6.07 Å². The van der Waals surface area contributed by atoms with Crippen LogP contribution in [-0.2, 0) is 0 Å². The molecule has 0 radical (unpaired) electrons. The van der Waals surface area contributed by atoms with Gasteiger partial charge >= 0.3 is 0 Å². The van der Waals surface area contributed by atoms with E-state index in [2.05, 4.69) is 5.32 Å². The molecule has 0 saturated heterocycles. The SMILES string of the molecule is Cc1ccc([N+](=O)[O-])c(NCCN)c1. The van der Waals surface area contributed by atoms with Crippen LogP contribution in [0.25, 0.3) is 0 Å². The van der Waals surface area contributed by atoms with Gasteiger partial charge < -0.3 is 11.1 Å². The number of anilines is 1. The number of benzene rings is 1. The number of nitro benzene ring substituents is 1. The Morgan fingerprint density at radius 2 is 2.29 bits per heavy atom. The van der Waals surface area contributed by atoms with E-state index in [1.54, 1.807) is 12.1 Å². The molecule has 0 heterocycles. The second kappa shape index (κ2) is 4.57. The van der Waals surface area contributed by atoms with E-state index in [9.17, 15) is 10.1 Å². The van der Waals surface area contributed by atoms with Crippen LogP contribution in [0.3, 0.4) is 0 Å². The molecule has 1 aromatic rings. The molecule has 14 heavy (non-hydrogen) atoms. The van der Waals surface area contributed by atoms with E-state index >= 15 is 0 Å². The van der Waals surface area contributed by atoms with Crippen molar-refractivity contribution < 1.29 is 4.92 Å². The van der Waals surface area contributed by atoms with Crippen LogP contribution in [0.2, 0.25) is 0 Å². The van der Waals surface area contributed by atoms with Crippen molar-refractivity contribution in [1.82, 2.24) is 0 Å². The number of nitrogens with two attached hydrogens (primary N) is 1. The van der Waals surface area contributed by atoms with Gasteiger partial charge in [0, 0.05) is 19.2 Å². The number of nitrogens with one attached hydrogen (secondary N) is 1. The third-order valence-electron chi connectivity index (χ3n) is 1.81. The predicted octanol–water partition coefficient (Wildman–Crippen LogP) is 1.27. The minimum absolute atomic E-state index is 0.0871. The molecule has 0 spiro atoms. The minimum atomic E-state index is -0.404. The molecule has 3 N–H and O–H groups in total. The minimum Gasteiger partial charge on any atom is -0.378 e. The molecule has 0 fully saturated rings. The molecule has 0 aliphatic rings. The summed E-state index contributed by atoms with van der Waals surface area (Å²) in [5.41, 5.74) is 6.91. The van der Waals surface area contributed by atoms with Gasteiger partial charge in [0.1, 0.15) is 5.69 Å². The highest BCUT2D eigenvalue weighted by Gasteiger charge is 2.12. The molecule has 0 aliphatic heterocycles. The summed E-state index contributed by atoms with van der Waals surface area (Å²) in [6, 6.07) is 4.95. The maximum atomic E-state index is 10.6. The summed E-state index contributed by atoms with van der Waals surface area (Å²) in [6.45, 7) is 2.87. The summed E-state index contributed by atoms with van der Waals surface area (Å²) in [4.78, 5) is 10.2. The first-order valence-electron chi connectivity index (χ1n) is 4.34. The maximum absolute atomic E-state index is 10.6. The van der Waals surface area contributed by atoms with E-state index in [1.807, 2.05) is 6.92 Å². The molecule has 76 valence electrons. The molecule has 1 rings (SSSR count). The average Bonchev–Trinajstić information content (AvgIpc) is 2.14. The normalized spacial score (nSPS) is 9.86. The van der Waals surface area contributed by atoms with Gasteiger partial charge in [-0.05, 0) is 18.6 Å². The highest BCUT2D eigenvalue weighted by atomic mass is 16.6. The second-order valence-corrected chi connectivity index (χ2v) is 2.99. The zero-order chi connectivity index (χ0) is 10.6. The summed E-state index contributed by atoms with van der Waals surface area (Å²) in [5.74, 6) is 0. The second-order valence-electron chi connectivity index (χ2n) is 2.99. The number of rotatable bonds is 4. The number of nitrogens with zero attached hydrogens (tertiary/aromatic N) is 1. The molecule has 0 unspecified atom stereocenters. The van der Waals surface area contributed by atoms with Gasteiger partial charge in [-0.25, -0.2) is 0 Å². The van der Waals surface area contributed by atoms with Crippen molar-refractivity contribution in [2.24, 2.45) is 5.73 Å². The molecule has 5 nitrogen and oxygen atoms in total. The lowest BCUT2D eigenvalue weighted by molar-refractivity contribution is -0.384. The zero-order valence-electron chi connectivity index (χ0n) is 7.99. The molecular weight excluding hydrogens is 182 g/mol. The fourth-order valence-corrected chi connectivity index (χ4v) is 1.16. The van der Waals surface area contributed by atoms with Crippen LogP contribution in [0.1, 0.15) is 5.56 Å². The fourth-order valence-electron chi connectivity index (χ4n) is 1.16. The van der Waals surface area contributed by atoms with Crippen molar-refractivity contribution in [2.45, 2.75) is 6.92 Å². The van der Waals surface area contributed by atoms with Crippen LogP contribution in [0, 0.1) is 17.0 Å². The van der Waals surface area contributed by atoms with Crippen LogP contribution in [-0.4, -0.2) is 18.0 Å². The summed E-state index contributed by atoms with van der Waals surface area (Å²) < 4.78 is 0. The van der Waals surface area contributed by atoms with E-state index in [-0.39, 0.29) is 5.69 Å². The molecular formula is C9H13N3O2. The van der Waals surface area contributed by atoms with Crippen molar-refractivity contribution in [1.29, 1.82) is 0 Å². The number of hydrogen-bond acceptors (Lipinski definition) is 4. The monoisotopic (exact) mass is 195 g/mol. The van der Waals surface area contributed by atoms with Gasteiger partial charge in [-0.15, -0.1) is 0 Å². The highest BCUT2D eigenvalue weighted by Crippen LogP contribution is 2.24. The first-order chi connectivity index (χ1) is 6.65. The van der Waals surface area contributed by atoms with Crippen LogP contribution < -0.4 is 11.1 Å². The first kappa shape index (κ1) is 10.5. The molecule has 0 aromatic heterocycles. The summed E-state index contributed by atoms with van der Waals surface area (Å²) >= 11 is 0. The lowest BCUT2D eigenvalue weighted by Crippen LogP contribution is -2.14. The van der Waals surface area contributed by atoms with Gasteiger partial charge in [-0.2, -0.15) is 0 Å². The number of nitro groups is 1. The Kier molecular flexibility index (Phi) is 3.41. The van der Waals surface area contributed by atoms with Gasteiger partial charge in [0.05, 0.1) is 4.92 Å². The van der Waals surface area contributed by atoms with Crippen LogP contribution in [0.4, 0.5) is 11.4 Å². The van der Waals surface area contributed by atoms with Crippen LogP contribution >= 0.6 is 0 Å². The zero-order valence-corrected chi connectivity index (χ0v) is 7.99. The Labute approximate surface area is 82.1 Å². The standard InChI is InChI=1S/C9H13N3O2/c1-7-2-3-9(12(13)14)8(6-7)11-5-4-10/h2-3,6,11H,4-5,10H2,1H3. The summed E-state index contributed by atoms with van der Waals surface area (Å²) in [5, 5.41) is 13.5. The average molecular weight is 195 g/mol. The Balaban J connectivity index is 2.97. The van der Waals surface area contributed by atoms with Crippen molar-refractivity contribution in [3.05, 3.63) is 33.9 Å². The van der Waals surface area contributed by atoms with E-state index in [0.29, 0.717) is 18.8 Å². The van der Waals surface area contributed by atoms with Crippen molar-refractivity contribution in [3.8, 4) is 0 Å². The van der Waals surface area contributed by atoms with Gasteiger partial charge in [0.25, 0.3) is 5.69 Å². The molecule has 0 amide bonds. The van der Waals surface area contributed by atoms with Crippen molar-refractivity contribution in [3.63, 3.8) is 0 Å². The number of aryl methyl sites for hydroxylation is 1.